The summed E-state index contributed by atoms with van der Waals surface area (Å²) in [5, 5.41) is 22.2. The Bertz CT molecular complexity index is 1260. The molecule has 9 nitrogen and oxygen atoms in total. The lowest BCUT2D eigenvalue weighted by Crippen LogP contribution is -2.35. The summed E-state index contributed by atoms with van der Waals surface area (Å²) in [7, 11) is -4.37. The molecule has 0 aliphatic rings. The number of benzene rings is 2. The fourth-order valence-electron chi connectivity index (χ4n) is 2.58. The van der Waals surface area contributed by atoms with E-state index in [1.165, 1.54) is 36.4 Å². The number of hydrogen-bond acceptors (Lipinski definition) is 8. The summed E-state index contributed by atoms with van der Waals surface area (Å²) in [5.41, 5.74) is -2.00. The molecular formula is C18H15ClN2O7S. The molecule has 0 radical (unpaired) electrons. The molecule has 0 heterocycles. The predicted octanol–water partition coefficient (Wildman–Crippen LogP) is 2.29. The number of halogens is 1. The van der Waals surface area contributed by atoms with E-state index in [4.69, 9.17) is 16.3 Å². The van der Waals surface area contributed by atoms with Crippen molar-refractivity contribution < 1.29 is 23.4 Å². The van der Waals surface area contributed by atoms with Gasteiger partial charge in [-0.3, -0.25) is 14.3 Å². The van der Waals surface area contributed by atoms with Crippen molar-refractivity contribution in [3.63, 3.8) is 0 Å². The minimum absolute atomic E-state index is 0.0416. The molecule has 0 aliphatic carbocycles. The van der Waals surface area contributed by atoms with Crippen LogP contribution in [0.4, 0.5) is 17.1 Å². The highest BCUT2D eigenvalue weighted by Gasteiger charge is 2.28. The average molecular weight is 439 g/mol. The van der Waals surface area contributed by atoms with E-state index < -0.39 is 31.5 Å². The molecule has 0 atom stereocenters. The first kappa shape index (κ1) is 20.5. The maximum absolute atomic E-state index is 12.7. The second-order valence-corrected chi connectivity index (χ2v) is 7.88. The topological polar surface area (TPSA) is 142 Å². The van der Waals surface area contributed by atoms with E-state index in [2.05, 4.69) is 10.0 Å². The summed E-state index contributed by atoms with van der Waals surface area (Å²) in [6, 6.07) is 7.79. The van der Waals surface area contributed by atoms with Gasteiger partial charge in [-0.05, 0) is 31.2 Å². The number of phenols is 2. The number of nitrogens with one attached hydrogen (secondary N) is 2. The summed E-state index contributed by atoms with van der Waals surface area (Å²) in [4.78, 5) is 22.7. The summed E-state index contributed by atoms with van der Waals surface area (Å²) in [6.45, 7) is 1.76. The lowest BCUT2D eigenvalue weighted by molar-refractivity contribution is 0.335. The highest BCUT2D eigenvalue weighted by Crippen LogP contribution is 2.39. The summed E-state index contributed by atoms with van der Waals surface area (Å²) >= 11 is 5.98. The van der Waals surface area contributed by atoms with Crippen LogP contribution in [0.25, 0.3) is 0 Å². The molecule has 0 spiro atoms. The molecule has 3 rings (SSSR count). The van der Waals surface area contributed by atoms with Gasteiger partial charge in [-0.1, -0.05) is 17.7 Å². The minimum atomic E-state index is -4.37. The van der Waals surface area contributed by atoms with Gasteiger partial charge in [0.25, 0.3) is 20.9 Å². The van der Waals surface area contributed by atoms with Crippen LogP contribution in [-0.2, 0) is 10.0 Å². The SMILES string of the molecule is CCOc1c(Nc2ccc(Cl)c(S(=O)(=O)Nc3cccc(O)c3)c2O)c(=O)c1=O. The number of sulfonamides is 1. The molecule has 0 amide bonds. The van der Waals surface area contributed by atoms with Crippen molar-refractivity contribution in [1.29, 1.82) is 0 Å². The van der Waals surface area contributed by atoms with Gasteiger partial charge in [-0.25, -0.2) is 8.42 Å². The molecule has 11 heteroatoms. The fourth-order valence-corrected chi connectivity index (χ4v) is 4.27. The Morgan fingerprint density at radius 2 is 1.83 bits per heavy atom. The highest BCUT2D eigenvalue weighted by atomic mass is 35.5. The number of aromatic hydroxyl groups is 2. The van der Waals surface area contributed by atoms with Crippen LogP contribution < -0.4 is 25.6 Å². The van der Waals surface area contributed by atoms with Crippen LogP contribution in [0.15, 0.2) is 50.9 Å². The summed E-state index contributed by atoms with van der Waals surface area (Å²) in [6.07, 6.45) is 0. The van der Waals surface area contributed by atoms with Crippen LogP contribution in [0.5, 0.6) is 17.2 Å². The molecule has 0 saturated carbocycles. The molecule has 0 aromatic heterocycles. The number of hydrogen-bond donors (Lipinski definition) is 4. The van der Waals surface area contributed by atoms with E-state index in [0.29, 0.717) is 0 Å². The molecule has 3 aromatic carbocycles. The molecular weight excluding hydrogens is 424 g/mol. The fraction of sp³-hybridized carbons (Fsp3) is 0.111. The van der Waals surface area contributed by atoms with Crippen molar-refractivity contribution in [2.45, 2.75) is 11.8 Å². The van der Waals surface area contributed by atoms with Crippen molar-refractivity contribution in [1.82, 2.24) is 0 Å². The van der Waals surface area contributed by atoms with Gasteiger partial charge in [0.15, 0.2) is 11.5 Å². The Labute approximate surface area is 169 Å². The maximum atomic E-state index is 12.7. The van der Waals surface area contributed by atoms with Crippen molar-refractivity contribution in [2.24, 2.45) is 0 Å². The molecule has 4 N–H and O–H groups in total. The van der Waals surface area contributed by atoms with Gasteiger partial charge in [-0.2, -0.15) is 0 Å². The number of phenolic OH excluding ortho intramolecular Hbond substituents is 2. The Hall–Kier alpha value is -3.24. The van der Waals surface area contributed by atoms with Crippen LogP contribution in [0, 0.1) is 0 Å². The molecule has 152 valence electrons. The lowest BCUT2D eigenvalue weighted by atomic mass is 10.2. The van der Waals surface area contributed by atoms with Crippen molar-refractivity contribution in [2.75, 3.05) is 16.6 Å². The normalized spacial score (nSPS) is 11.4. The average Bonchev–Trinajstić information content (AvgIpc) is 2.65. The van der Waals surface area contributed by atoms with Crippen LogP contribution in [0.2, 0.25) is 5.02 Å². The van der Waals surface area contributed by atoms with E-state index >= 15 is 0 Å². The van der Waals surface area contributed by atoms with Crippen molar-refractivity contribution >= 4 is 38.7 Å². The van der Waals surface area contributed by atoms with Gasteiger partial charge in [0.05, 0.1) is 23.0 Å². The molecule has 0 fully saturated rings. The Morgan fingerprint density at radius 3 is 2.48 bits per heavy atom. The van der Waals surface area contributed by atoms with Crippen molar-refractivity contribution in [3.05, 3.63) is 61.9 Å². The number of anilines is 3. The summed E-state index contributed by atoms with van der Waals surface area (Å²) < 4.78 is 32.7. The smallest absolute Gasteiger partial charge is 0.272 e. The van der Waals surface area contributed by atoms with E-state index in [1.807, 2.05) is 0 Å². The third-order valence-electron chi connectivity index (χ3n) is 3.87. The third kappa shape index (κ3) is 3.84. The number of rotatable bonds is 7. The second-order valence-electron chi connectivity index (χ2n) is 5.85. The molecule has 3 aromatic rings. The predicted molar refractivity (Wildman–Crippen MR) is 108 cm³/mol. The Balaban J connectivity index is 2.01. The van der Waals surface area contributed by atoms with Gasteiger partial charge < -0.3 is 20.3 Å². The standard InChI is InChI=1S/C18H15ClN2O7S/c1-2-28-17-13(15(24)16(17)25)20-12-7-6-11(19)18(14(12)23)29(26,27)21-9-4-3-5-10(22)8-9/h3-8,20-23H,2H2,1H3. The first-order valence-corrected chi connectivity index (χ1v) is 10.1. The van der Waals surface area contributed by atoms with Gasteiger partial charge in [0.1, 0.15) is 16.3 Å². The quantitative estimate of drug-likeness (QED) is 0.325. The highest BCUT2D eigenvalue weighted by molar-refractivity contribution is 7.93. The first-order chi connectivity index (χ1) is 13.7. The van der Waals surface area contributed by atoms with Gasteiger partial charge in [-0.15, -0.1) is 0 Å². The molecule has 29 heavy (non-hydrogen) atoms. The van der Waals surface area contributed by atoms with E-state index in [0.717, 1.165) is 0 Å². The zero-order chi connectivity index (χ0) is 21.3. The number of ether oxygens (including phenoxy) is 1. The largest absolute Gasteiger partial charge is 0.508 e. The molecule has 0 saturated heterocycles. The van der Waals surface area contributed by atoms with Crippen LogP contribution in [0.3, 0.4) is 0 Å². The van der Waals surface area contributed by atoms with Crippen LogP contribution >= 0.6 is 11.6 Å². The molecule has 0 aliphatic heterocycles. The Morgan fingerprint density at radius 1 is 1.10 bits per heavy atom. The van der Waals surface area contributed by atoms with Gasteiger partial charge in [0, 0.05) is 6.07 Å². The molecule has 0 bridgehead atoms. The zero-order valence-corrected chi connectivity index (χ0v) is 16.5. The minimum Gasteiger partial charge on any atom is -0.508 e. The molecule has 0 unspecified atom stereocenters. The van der Waals surface area contributed by atoms with E-state index in [1.54, 1.807) is 6.92 Å². The van der Waals surface area contributed by atoms with Crippen LogP contribution in [0.1, 0.15) is 6.92 Å². The summed E-state index contributed by atoms with van der Waals surface area (Å²) in [5.74, 6) is -1.13. The van der Waals surface area contributed by atoms with Crippen LogP contribution in [-0.4, -0.2) is 25.2 Å². The van der Waals surface area contributed by atoms with Gasteiger partial charge >= 0.3 is 0 Å². The van der Waals surface area contributed by atoms with Gasteiger partial charge in [0.2, 0.25) is 0 Å². The second kappa shape index (κ2) is 7.64. The Kier molecular flexibility index (Phi) is 5.40. The lowest BCUT2D eigenvalue weighted by Gasteiger charge is -2.17. The maximum Gasteiger partial charge on any atom is 0.272 e. The van der Waals surface area contributed by atoms with E-state index in [-0.39, 0.29) is 40.2 Å². The monoisotopic (exact) mass is 438 g/mol. The first-order valence-electron chi connectivity index (χ1n) is 8.22. The zero-order valence-electron chi connectivity index (χ0n) is 14.9. The van der Waals surface area contributed by atoms with Crippen molar-refractivity contribution in [3.8, 4) is 17.2 Å². The third-order valence-corrected chi connectivity index (χ3v) is 5.75. The van der Waals surface area contributed by atoms with E-state index in [9.17, 15) is 28.2 Å².